The third-order valence-electron chi connectivity index (χ3n) is 2.60. The van der Waals surface area contributed by atoms with Crippen molar-refractivity contribution in [3.8, 4) is 0 Å². The second-order valence-electron chi connectivity index (χ2n) is 3.72. The number of rotatable bonds is 6. The Balaban J connectivity index is 1.91. The number of fused-ring (bicyclic) bond motifs is 1. The minimum Gasteiger partial charge on any atom is -0.380 e. The monoisotopic (exact) mass is 235 g/mol. The van der Waals surface area contributed by atoms with Crippen LogP contribution in [0.3, 0.4) is 0 Å². The zero-order valence-electron chi connectivity index (χ0n) is 9.53. The molecule has 3 heteroatoms. The largest absolute Gasteiger partial charge is 0.380 e. The molecule has 2 aromatic rings. The van der Waals surface area contributed by atoms with Crippen molar-refractivity contribution in [3.05, 3.63) is 35.2 Å². The fourth-order valence-electron chi connectivity index (χ4n) is 1.73. The first-order valence-corrected chi connectivity index (χ1v) is 6.47. The van der Waals surface area contributed by atoms with Crippen molar-refractivity contribution in [3.63, 3.8) is 0 Å². The molecular formula is C13H17NOS. The number of hydrogen-bond donors (Lipinski definition) is 1. The highest BCUT2D eigenvalue weighted by Crippen LogP contribution is 2.24. The van der Waals surface area contributed by atoms with E-state index in [0.717, 1.165) is 26.2 Å². The molecule has 2 rings (SSSR count). The average Bonchev–Trinajstić information content (AvgIpc) is 2.77. The molecule has 0 bridgehead atoms. The zero-order chi connectivity index (χ0) is 11.2. The lowest BCUT2D eigenvalue weighted by Crippen LogP contribution is -2.15. The van der Waals surface area contributed by atoms with Crippen LogP contribution < -0.4 is 5.32 Å². The van der Waals surface area contributed by atoms with E-state index < -0.39 is 0 Å². The maximum Gasteiger partial charge on any atom is 0.0590 e. The summed E-state index contributed by atoms with van der Waals surface area (Å²) >= 11 is 1.80. The number of benzene rings is 1. The van der Waals surface area contributed by atoms with E-state index in [9.17, 15) is 0 Å². The van der Waals surface area contributed by atoms with E-state index in [1.165, 1.54) is 15.6 Å². The Morgan fingerprint density at radius 1 is 1.25 bits per heavy atom. The molecule has 2 nitrogen and oxygen atoms in total. The molecule has 1 heterocycles. The third-order valence-corrected chi connectivity index (χ3v) is 3.48. The number of thiophene rings is 1. The van der Waals surface area contributed by atoms with Crippen LogP contribution in [-0.4, -0.2) is 26.8 Å². The predicted molar refractivity (Wildman–Crippen MR) is 70.3 cm³/mol. The second-order valence-corrected chi connectivity index (χ2v) is 4.66. The molecule has 1 aromatic heterocycles. The predicted octanol–water partition coefficient (Wildman–Crippen LogP) is 2.68. The molecule has 86 valence electrons. The van der Waals surface area contributed by atoms with Gasteiger partial charge in [-0.2, -0.15) is 0 Å². The maximum absolute atomic E-state index is 5.54. The van der Waals surface area contributed by atoms with Gasteiger partial charge in [0.1, 0.15) is 0 Å². The van der Waals surface area contributed by atoms with Crippen LogP contribution in [0.1, 0.15) is 5.56 Å². The molecule has 0 saturated heterocycles. The quantitative estimate of drug-likeness (QED) is 0.777. The summed E-state index contributed by atoms with van der Waals surface area (Å²) < 4.78 is 6.91. The molecule has 0 saturated carbocycles. The molecular weight excluding hydrogens is 218 g/mol. The van der Waals surface area contributed by atoms with Gasteiger partial charge in [-0.3, -0.25) is 0 Å². The molecule has 0 radical (unpaired) electrons. The van der Waals surface area contributed by atoms with Gasteiger partial charge in [-0.1, -0.05) is 12.1 Å². The summed E-state index contributed by atoms with van der Waals surface area (Å²) in [6, 6.07) is 8.69. The van der Waals surface area contributed by atoms with E-state index in [-0.39, 0.29) is 0 Å². The molecule has 1 aromatic carbocycles. The van der Waals surface area contributed by atoms with Gasteiger partial charge in [-0.25, -0.2) is 0 Å². The Labute approximate surface area is 100 Å². The zero-order valence-corrected chi connectivity index (χ0v) is 10.3. The summed E-state index contributed by atoms with van der Waals surface area (Å²) in [5, 5.41) is 6.60. The maximum atomic E-state index is 5.54. The fourth-order valence-corrected chi connectivity index (χ4v) is 2.57. The molecule has 0 fully saturated rings. The molecule has 0 atom stereocenters. The molecule has 0 aliphatic carbocycles. The minimum absolute atomic E-state index is 0.788. The highest BCUT2D eigenvalue weighted by atomic mass is 32.1. The van der Waals surface area contributed by atoms with Crippen LogP contribution in [0.5, 0.6) is 0 Å². The standard InChI is InChI=1S/C13H17NOS/c1-14-7-9-15-8-5-11-3-2-4-13-12(11)6-10-16-13/h2-4,6,10,14H,5,7-9H2,1H3. The molecule has 0 aliphatic rings. The number of ether oxygens (including phenoxy) is 1. The van der Waals surface area contributed by atoms with Crippen molar-refractivity contribution in [2.45, 2.75) is 6.42 Å². The lowest BCUT2D eigenvalue weighted by atomic mass is 10.1. The molecule has 0 amide bonds. The van der Waals surface area contributed by atoms with Crippen LogP contribution in [0.15, 0.2) is 29.6 Å². The van der Waals surface area contributed by atoms with Crippen LogP contribution in [0.2, 0.25) is 0 Å². The van der Waals surface area contributed by atoms with Gasteiger partial charge in [0.15, 0.2) is 0 Å². The molecule has 0 spiro atoms. The third kappa shape index (κ3) is 2.82. The van der Waals surface area contributed by atoms with Crippen molar-refractivity contribution in [1.82, 2.24) is 5.32 Å². The number of likely N-dealkylation sites (N-methyl/N-ethyl adjacent to an activating group) is 1. The van der Waals surface area contributed by atoms with Crippen molar-refractivity contribution in [1.29, 1.82) is 0 Å². The highest BCUT2D eigenvalue weighted by Gasteiger charge is 2.01. The summed E-state index contributed by atoms with van der Waals surface area (Å²) in [5.41, 5.74) is 1.39. The van der Waals surface area contributed by atoms with E-state index >= 15 is 0 Å². The topological polar surface area (TPSA) is 21.3 Å². The van der Waals surface area contributed by atoms with Gasteiger partial charge in [0.2, 0.25) is 0 Å². The number of hydrogen-bond acceptors (Lipinski definition) is 3. The first-order chi connectivity index (χ1) is 7.92. The fraction of sp³-hybridized carbons (Fsp3) is 0.385. The highest BCUT2D eigenvalue weighted by molar-refractivity contribution is 7.17. The van der Waals surface area contributed by atoms with Gasteiger partial charge in [-0.05, 0) is 41.9 Å². The minimum atomic E-state index is 0.788. The van der Waals surface area contributed by atoms with Gasteiger partial charge in [0, 0.05) is 11.2 Å². The molecule has 0 aliphatic heterocycles. The van der Waals surface area contributed by atoms with E-state index in [1.807, 2.05) is 7.05 Å². The smallest absolute Gasteiger partial charge is 0.0590 e. The lowest BCUT2D eigenvalue weighted by molar-refractivity contribution is 0.140. The second kappa shape index (κ2) is 5.99. The summed E-state index contributed by atoms with van der Waals surface area (Å²) in [7, 11) is 1.94. The normalized spacial score (nSPS) is 11.1. The van der Waals surface area contributed by atoms with Crippen molar-refractivity contribution in [2.24, 2.45) is 0 Å². The van der Waals surface area contributed by atoms with Crippen LogP contribution in [0.4, 0.5) is 0 Å². The summed E-state index contributed by atoms with van der Waals surface area (Å²) in [6.45, 7) is 2.51. The first kappa shape index (κ1) is 11.6. The van der Waals surface area contributed by atoms with Crippen LogP contribution in [-0.2, 0) is 11.2 Å². The lowest BCUT2D eigenvalue weighted by Gasteiger charge is -2.05. The van der Waals surface area contributed by atoms with E-state index in [2.05, 4.69) is 35.0 Å². The summed E-state index contributed by atoms with van der Waals surface area (Å²) in [4.78, 5) is 0. The van der Waals surface area contributed by atoms with Crippen molar-refractivity contribution >= 4 is 21.4 Å². The van der Waals surface area contributed by atoms with Crippen molar-refractivity contribution < 1.29 is 4.74 Å². The molecule has 16 heavy (non-hydrogen) atoms. The number of nitrogens with one attached hydrogen (secondary N) is 1. The van der Waals surface area contributed by atoms with E-state index in [0.29, 0.717) is 0 Å². The van der Waals surface area contributed by atoms with E-state index in [1.54, 1.807) is 11.3 Å². The van der Waals surface area contributed by atoms with Crippen LogP contribution in [0, 0.1) is 0 Å². The van der Waals surface area contributed by atoms with Gasteiger partial charge in [-0.15, -0.1) is 11.3 Å². The Bertz CT molecular complexity index is 438. The Morgan fingerprint density at radius 2 is 2.19 bits per heavy atom. The SMILES string of the molecule is CNCCOCCc1cccc2sccc12. The Morgan fingerprint density at radius 3 is 3.06 bits per heavy atom. The first-order valence-electron chi connectivity index (χ1n) is 5.59. The van der Waals surface area contributed by atoms with Gasteiger partial charge >= 0.3 is 0 Å². The Kier molecular flexibility index (Phi) is 4.34. The van der Waals surface area contributed by atoms with Crippen LogP contribution in [0.25, 0.3) is 10.1 Å². The van der Waals surface area contributed by atoms with E-state index in [4.69, 9.17) is 4.74 Å². The van der Waals surface area contributed by atoms with Gasteiger partial charge in [0.05, 0.1) is 13.2 Å². The summed E-state index contributed by atoms with van der Waals surface area (Å²) in [5.74, 6) is 0. The summed E-state index contributed by atoms with van der Waals surface area (Å²) in [6.07, 6.45) is 0.998. The molecule has 0 unspecified atom stereocenters. The molecule has 1 N–H and O–H groups in total. The van der Waals surface area contributed by atoms with Crippen LogP contribution >= 0.6 is 11.3 Å². The Hall–Kier alpha value is -0.900. The average molecular weight is 235 g/mol. The van der Waals surface area contributed by atoms with Crippen molar-refractivity contribution in [2.75, 3.05) is 26.8 Å². The van der Waals surface area contributed by atoms with Gasteiger partial charge in [0.25, 0.3) is 0 Å². The van der Waals surface area contributed by atoms with Gasteiger partial charge < -0.3 is 10.1 Å².